The first-order valence-electron chi connectivity index (χ1n) is 5.69. The van der Waals surface area contributed by atoms with Gasteiger partial charge in [0.1, 0.15) is 6.10 Å². The molecular weight excluding hydrogens is 303 g/mol. The van der Waals surface area contributed by atoms with Crippen LogP contribution < -0.4 is 0 Å². The number of halogens is 1. The molecule has 15 heavy (non-hydrogen) atoms. The minimum Gasteiger partial charge on any atom is -0.461 e. The van der Waals surface area contributed by atoms with Crippen LogP contribution in [0.15, 0.2) is 12.2 Å². The average Bonchev–Trinajstić information content (AvgIpc) is 2.83. The molecule has 4 rings (SSSR count). The first-order chi connectivity index (χ1) is 7.20. The number of carbonyl (C=O) groups is 1. The fourth-order valence-corrected chi connectivity index (χ4v) is 5.71. The average molecular weight is 316 g/mol. The van der Waals surface area contributed by atoms with Gasteiger partial charge in [0.2, 0.25) is 0 Å². The molecule has 0 aromatic heterocycles. The Morgan fingerprint density at radius 1 is 1.27 bits per heavy atom. The van der Waals surface area contributed by atoms with Crippen LogP contribution in [-0.2, 0) is 9.53 Å². The van der Waals surface area contributed by atoms with Crippen molar-refractivity contribution < 1.29 is 9.53 Å². The van der Waals surface area contributed by atoms with Crippen LogP contribution in [0.3, 0.4) is 0 Å². The maximum atomic E-state index is 11.9. The lowest BCUT2D eigenvalue weighted by Gasteiger charge is -2.39. The van der Waals surface area contributed by atoms with Crippen molar-refractivity contribution in [2.24, 2.45) is 16.7 Å². The number of allylic oxidation sites excluding steroid dienone is 2. The number of ether oxygens (including phenoxy) is 1. The van der Waals surface area contributed by atoms with E-state index >= 15 is 0 Å². The van der Waals surface area contributed by atoms with Crippen LogP contribution in [0.25, 0.3) is 0 Å². The largest absolute Gasteiger partial charge is 0.461 e. The van der Waals surface area contributed by atoms with Gasteiger partial charge in [-0.05, 0) is 36.5 Å². The number of rotatable bonds is 0. The van der Waals surface area contributed by atoms with E-state index in [9.17, 15) is 4.79 Å². The molecule has 0 amide bonds. The summed E-state index contributed by atoms with van der Waals surface area (Å²) < 4.78 is 6.09. The Hall–Kier alpha value is -0.0600. The van der Waals surface area contributed by atoms with Crippen molar-refractivity contribution in [3.8, 4) is 0 Å². The standard InChI is InChI=1S/C12H13IO2/c13-7-5-11-3-1-2-4-12(11)6-8(7)15-10(14)9(11)12/h1-2,7-9H,3-6H2/t7-,8+,9-,11+,12-/m1/s1. The third-order valence-electron chi connectivity index (χ3n) is 5.18. The second kappa shape index (κ2) is 2.44. The van der Waals surface area contributed by atoms with Gasteiger partial charge in [-0.1, -0.05) is 34.7 Å². The highest BCUT2D eigenvalue weighted by Gasteiger charge is 2.83. The predicted octanol–water partition coefficient (Wildman–Crippen LogP) is 2.46. The Balaban J connectivity index is 1.87. The van der Waals surface area contributed by atoms with Crippen molar-refractivity contribution in [3.05, 3.63) is 12.2 Å². The SMILES string of the molecule is O=C1O[C@H]2C[C@@]34CC=CC[C@]3(C[C@H]2I)[C@@H]14. The third-order valence-corrected chi connectivity index (χ3v) is 6.42. The molecule has 0 aromatic carbocycles. The van der Waals surface area contributed by atoms with Crippen LogP contribution in [0.2, 0.25) is 0 Å². The van der Waals surface area contributed by atoms with Gasteiger partial charge in [-0.15, -0.1) is 0 Å². The van der Waals surface area contributed by atoms with Crippen molar-refractivity contribution in [3.63, 3.8) is 0 Å². The summed E-state index contributed by atoms with van der Waals surface area (Å²) in [6, 6.07) is 0. The van der Waals surface area contributed by atoms with Gasteiger partial charge in [0.05, 0.1) is 5.92 Å². The van der Waals surface area contributed by atoms with E-state index < -0.39 is 0 Å². The van der Waals surface area contributed by atoms with Crippen molar-refractivity contribution in [1.82, 2.24) is 0 Å². The monoisotopic (exact) mass is 316 g/mol. The van der Waals surface area contributed by atoms with E-state index in [4.69, 9.17) is 4.74 Å². The number of fused-ring (bicyclic) bond motifs is 1. The molecule has 80 valence electrons. The molecule has 4 aliphatic rings. The second-order valence-electron chi connectivity index (χ2n) is 5.52. The molecule has 3 aliphatic carbocycles. The molecule has 5 atom stereocenters. The molecule has 0 unspecified atom stereocenters. The summed E-state index contributed by atoms with van der Waals surface area (Å²) in [6.45, 7) is 0. The molecule has 1 aliphatic heterocycles. The number of hydrogen-bond donors (Lipinski definition) is 0. The molecular formula is C12H13IO2. The number of carbonyl (C=O) groups excluding carboxylic acids is 1. The Bertz CT molecular complexity index is 391. The van der Waals surface area contributed by atoms with Gasteiger partial charge in [-0.25, -0.2) is 0 Å². The normalized spacial score (nSPS) is 59.5. The summed E-state index contributed by atoms with van der Waals surface area (Å²) in [6.07, 6.45) is 9.31. The third kappa shape index (κ3) is 0.797. The lowest BCUT2D eigenvalue weighted by Crippen LogP contribution is -2.40. The van der Waals surface area contributed by atoms with Crippen molar-refractivity contribution >= 4 is 28.6 Å². The summed E-state index contributed by atoms with van der Waals surface area (Å²) >= 11 is 2.48. The van der Waals surface area contributed by atoms with Crippen molar-refractivity contribution in [1.29, 1.82) is 0 Å². The molecule has 0 aromatic rings. The maximum absolute atomic E-state index is 11.9. The number of hydrogen-bond acceptors (Lipinski definition) is 2. The molecule has 2 bridgehead atoms. The van der Waals surface area contributed by atoms with Gasteiger partial charge in [-0.3, -0.25) is 4.79 Å². The Morgan fingerprint density at radius 2 is 1.93 bits per heavy atom. The number of alkyl halides is 1. The zero-order chi connectivity index (χ0) is 10.3. The molecule has 2 nitrogen and oxygen atoms in total. The minimum absolute atomic E-state index is 0.106. The summed E-state index contributed by atoms with van der Waals surface area (Å²) in [5, 5.41) is 0. The van der Waals surface area contributed by atoms with E-state index in [0.717, 1.165) is 19.3 Å². The summed E-state index contributed by atoms with van der Waals surface area (Å²) in [7, 11) is 0. The first kappa shape index (κ1) is 9.02. The van der Waals surface area contributed by atoms with Gasteiger partial charge in [0.25, 0.3) is 0 Å². The highest BCUT2D eigenvalue weighted by Crippen LogP contribution is 2.82. The fraction of sp³-hybridized carbons (Fsp3) is 0.750. The van der Waals surface area contributed by atoms with Gasteiger partial charge in [0, 0.05) is 3.92 Å². The van der Waals surface area contributed by atoms with E-state index in [-0.39, 0.29) is 18.0 Å². The Labute approximate surface area is 103 Å². The Kier molecular flexibility index (Phi) is 1.47. The van der Waals surface area contributed by atoms with Crippen LogP contribution >= 0.6 is 22.6 Å². The quantitative estimate of drug-likeness (QED) is 0.297. The predicted molar refractivity (Wildman–Crippen MR) is 63.7 cm³/mol. The molecule has 1 spiro atoms. The Morgan fingerprint density at radius 3 is 2.67 bits per heavy atom. The zero-order valence-electron chi connectivity index (χ0n) is 8.41. The van der Waals surface area contributed by atoms with Gasteiger partial charge in [-0.2, -0.15) is 0 Å². The summed E-state index contributed by atoms with van der Waals surface area (Å²) in [5.41, 5.74) is 0.626. The molecule has 3 heteroatoms. The van der Waals surface area contributed by atoms with Crippen LogP contribution in [-0.4, -0.2) is 16.0 Å². The zero-order valence-corrected chi connectivity index (χ0v) is 10.6. The van der Waals surface area contributed by atoms with Gasteiger partial charge < -0.3 is 4.74 Å². The highest BCUT2D eigenvalue weighted by molar-refractivity contribution is 14.1. The molecule has 0 N–H and O–H groups in total. The van der Waals surface area contributed by atoms with Crippen LogP contribution in [0.4, 0.5) is 0 Å². The van der Waals surface area contributed by atoms with Crippen molar-refractivity contribution in [2.45, 2.75) is 35.7 Å². The second-order valence-corrected chi connectivity index (χ2v) is 7.12. The van der Waals surface area contributed by atoms with Crippen LogP contribution in [0.5, 0.6) is 0 Å². The van der Waals surface area contributed by atoms with E-state index in [1.807, 2.05) is 0 Å². The molecule has 1 saturated heterocycles. The van der Waals surface area contributed by atoms with Crippen LogP contribution in [0, 0.1) is 16.7 Å². The maximum Gasteiger partial charge on any atom is 0.310 e. The van der Waals surface area contributed by atoms with E-state index in [2.05, 4.69) is 34.7 Å². The van der Waals surface area contributed by atoms with E-state index in [0.29, 0.717) is 14.8 Å². The highest BCUT2D eigenvalue weighted by atomic mass is 127. The lowest BCUT2D eigenvalue weighted by atomic mass is 9.72. The summed E-state index contributed by atoms with van der Waals surface area (Å²) in [5.74, 6) is 0.338. The minimum atomic E-state index is 0.106. The van der Waals surface area contributed by atoms with Crippen LogP contribution in [0.1, 0.15) is 25.7 Å². The smallest absolute Gasteiger partial charge is 0.310 e. The topological polar surface area (TPSA) is 26.3 Å². The molecule has 2 saturated carbocycles. The molecule has 3 fully saturated rings. The molecule has 0 radical (unpaired) electrons. The van der Waals surface area contributed by atoms with E-state index in [1.54, 1.807) is 0 Å². The van der Waals surface area contributed by atoms with Crippen molar-refractivity contribution in [2.75, 3.05) is 0 Å². The lowest BCUT2D eigenvalue weighted by molar-refractivity contribution is -0.157. The fourth-order valence-electron chi connectivity index (χ4n) is 4.53. The number of esters is 1. The van der Waals surface area contributed by atoms with E-state index in [1.165, 1.54) is 6.42 Å². The van der Waals surface area contributed by atoms with Gasteiger partial charge >= 0.3 is 5.97 Å². The summed E-state index contributed by atoms with van der Waals surface area (Å²) in [4.78, 5) is 11.9. The van der Waals surface area contributed by atoms with Gasteiger partial charge in [0.15, 0.2) is 0 Å². The molecule has 1 heterocycles. The first-order valence-corrected chi connectivity index (χ1v) is 6.94.